The lowest BCUT2D eigenvalue weighted by Crippen LogP contribution is -2.40. The SMILES string of the molecule is COc1cc(C(=O)N(CC(N)=O)CC(C)C)ccc1N. The van der Waals surface area contributed by atoms with Gasteiger partial charge in [-0.25, -0.2) is 0 Å². The fraction of sp³-hybridized carbons (Fsp3) is 0.429. The van der Waals surface area contributed by atoms with Gasteiger partial charge in [-0.1, -0.05) is 13.8 Å². The van der Waals surface area contributed by atoms with Crippen molar-refractivity contribution in [1.82, 2.24) is 4.90 Å². The quantitative estimate of drug-likeness (QED) is 0.754. The predicted molar refractivity (Wildman–Crippen MR) is 77.3 cm³/mol. The minimum Gasteiger partial charge on any atom is -0.495 e. The molecule has 1 rings (SSSR count). The number of nitrogens with zero attached hydrogens (tertiary/aromatic N) is 1. The highest BCUT2D eigenvalue weighted by Crippen LogP contribution is 2.23. The third kappa shape index (κ3) is 4.15. The van der Waals surface area contributed by atoms with E-state index in [1.807, 2.05) is 13.8 Å². The Balaban J connectivity index is 3.01. The number of rotatable bonds is 6. The Bertz CT molecular complexity index is 500. The van der Waals surface area contributed by atoms with Crippen LogP contribution in [0.3, 0.4) is 0 Å². The standard InChI is InChI=1S/C14H21N3O3/c1-9(2)7-17(8-13(16)18)14(19)10-4-5-11(15)12(6-10)20-3/h4-6,9H,7-8,15H2,1-3H3,(H2,16,18). The molecule has 0 aliphatic rings. The second-order valence-corrected chi connectivity index (χ2v) is 5.00. The molecule has 0 aliphatic heterocycles. The lowest BCUT2D eigenvalue weighted by molar-refractivity contribution is -0.118. The maximum Gasteiger partial charge on any atom is 0.254 e. The maximum atomic E-state index is 12.4. The zero-order chi connectivity index (χ0) is 15.3. The highest BCUT2D eigenvalue weighted by Gasteiger charge is 2.19. The van der Waals surface area contributed by atoms with Crippen molar-refractivity contribution in [3.8, 4) is 5.75 Å². The molecule has 0 heterocycles. The molecule has 1 aromatic carbocycles. The van der Waals surface area contributed by atoms with Crippen LogP contribution in [0.25, 0.3) is 0 Å². The van der Waals surface area contributed by atoms with E-state index in [9.17, 15) is 9.59 Å². The van der Waals surface area contributed by atoms with Gasteiger partial charge >= 0.3 is 0 Å². The third-order valence-corrected chi connectivity index (χ3v) is 2.70. The second kappa shape index (κ2) is 6.79. The molecule has 0 radical (unpaired) electrons. The van der Waals surface area contributed by atoms with E-state index >= 15 is 0 Å². The van der Waals surface area contributed by atoms with E-state index in [1.54, 1.807) is 18.2 Å². The largest absolute Gasteiger partial charge is 0.495 e. The molecule has 6 nitrogen and oxygen atoms in total. The lowest BCUT2D eigenvalue weighted by atomic mass is 10.1. The van der Waals surface area contributed by atoms with Gasteiger partial charge in [0.2, 0.25) is 5.91 Å². The van der Waals surface area contributed by atoms with Crippen LogP contribution >= 0.6 is 0 Å². The first-order valence-electron chi connectivity index (χ1n) is 6.36. The molecule has 0 saturated heterocycles. The van der Waals surface area contributed by atoms with Gasteiger partial charge in [-0.2, -0.15) is 0 Å². The summed E-state index contributed by atoms with van der Waals surface area (Å²) >= 11 is 0. The van der Waals surface area contributed by atoms with Gasteiger partial charge in [-0.05, 0) is 24.1 Å². The molecule has 1 aromatic rings. The van der Waals surface area contributed by atoms with Crippen molar-refractivity contribution in [2.75, 3.05) is 25.9 Å². The number of carbonyl (C=O) groups excluding carboxylic acids is 2. The minimum absolute atomic E-state index is 0.107. The molecule has 0 atom stereocenters. The van der Waals surface area contributed by atoms with E-state index in [1.165, 1.54) is 12.0 Å². The van der Waals surface area contributed by atoms with Gasteiger partial charge in [0.1, 0.15) is 5.75 Å². The zero-order valence-corrected chi connectivity index (χ0v) is 12.1. The first kappa shape index (κ1) is 15.8. The fourth-order valence-electron chi connectivity index (χ4n) is 1.87. The number of amides is 2. The smallest absolute Gasteiger partial charge is 0.254 e. The van der Waals surface area contributed by atoms with Crippen molar-refractivity contribution < 1.29 is 14.3 Å². The topological polar surface area (TPSA) is 98.6 Å². The van der Waals surface area contributed by atoms with E-state index in [0.29, 0.717) is 23.5 Å². The molecule has 0 spiro atoms. The van der Waals surface area contributed by atoms with E-state index in [-0.39, 0.29) is 18.4 Å². The molecule has 4 N–H and O–H groups in total. The molecule has 0 aliphatic carbocycles. The van der Waals surface area contributed by atoms with Crippen LogP contribution in [0, 0.1) is 5.92 Å². The van der Waals surface area contributed by atoms with Crippen molar-refractivity contribution in [3.63, 3.8) is 0 Å². The van der Waals surface area contributed by atoms with Crippen LogP contribution in [-0.2, 0) is 4.79 Å². The van der Waals surface area contributed by atoms with E-state index in [2.05, 4.69) is 0 Å². The Labute approximate surface area is 118 Å². The summed E-state index contributed by atoms with van der Waals surface area (Å²) in [6.07, 6.45) is 0. The number of benzene rings is 1. The fourth-order valence-corrected chi connectivity index (χ4v) is 1.87. The molecule has 0 unspecified atom stereocenters. The van der Waals surface area contributed by atoms with Crippen LogP contribution in [0.15, 0.2) is 18.2 Å². The number of anilines is 1. The Morgan fingerprint density at radius 3 is 2.50 bits per heavy atom. The molecule has 0 saturated carbocycles. The molecule has 0 aromatic heterocycles. The molecule has 0 bridgehead atoms. The van der Waals surface area contributed by atoms with Crippen molar-refractivity contribution >= 4 is 17.5 Å². The van der Waals surface area contributed by atoms with Gasteiger partial charge in [0.15, 0.2) is 0 Å². The van der Waals surface area contributed by atoms with E-state index in [0.717, 1.165) is 0 Å². The Kier molecular flexibility index (Phi) is 5.37. The molecule has 2 amide bonds. The van der Waals surface area contributed by atoms with Crippen molar-refractivity contribution in [3.05, 3.63) is 23.8 Å². The predicted octanol–water partition coefficient (Wildman–Crippen LogP) is 0.861. The Morgan fingerprint density at radius 1 is 1.35 bits per heavy atom. The maximum absolute atomic E-state index is 12.4. The van der Waals surface area contributed by atoms with Crippen LogP contribution in [0.4, 0.5) is 5.69 Å². The van der Waals surface area contributed by atoms with Crippen LogP contribution in [0.5, 0.6) is 5.75 Å². The van der Waals surface area contributed by atoms with Crippen molar-refractivity contribution in [2.45, 2.75) is 13.8 Å². The number of nitrogens with two attached hydrogens (primary N) is 2. The van der Waals surface area contributed by atoms with Crippen LogP contribution in [-0.4, -0.2) is 36.9 Å². The summed E-state index contributed by atoms with van der Waals surface area (Å²) in [4.78, 5) is 24.9. The van der Waals surface area contributed by atoms with Crippen LogP contribution in [0.1, 0.15) is 24.2 Å². The second-order valence-electron chi connectivity index (χ2n) is 5.00. The highest BCUT2D eigenvalue weighted by molar-refractivity contribution is 5.97. The summed E-state index contributed by atoms with van der Waals surface area (Å²) < 4.78 is 5.09. The van der Waals surface area contributed by atoms with E-state index < -0.39 is 5.91 Å². The lowest BCUT2D eigenvalue weighted by Gasteiger charge is -2.23. The van der Waals surface area contributed by atoms with Crippen molar-refractivity contribution in [2.24, 2.45) is 11.7 Å². The number of nitrogen functional groups attached to an aromatic ring is 1. The molecule has 20 heavy (non-hydrogen) atoms. The summed E-state index contributed by atoms with van der Waals surface area (Å²) in [5, 5.41) is 0. The third-order valence-electron chi connectivity index (χ3n) is 2.70. The summed E-state index contributed by atoms with van der Waals surface area (Å²) in [6.45, 7) is 4.27. The summed E-state index contributed by atoms with van der Waals surface area (Å²) in [7, 11) is 1.48. The first-order chi connectivity index (χ1) is 9.35. The van der Waals surface area contributed by atoms with Gasteiger partial charge in [-0.3, -0.25) is 9.59 Å². The van der Waals surface area contributed by atoms with Gasteiger partial charge in [0.25, 0.3) is 5.91 Å². The Morgan fingerprint density at radius 2 is 2.00 bits per heavy atom. The summed E-state index contributed by atoms with van der Waals surface area (Å²) in [5.74, 6) is -0.148. The molecular formula is C14H21N3O3. The zero-order valence-electron chi connectivity index (χ0n) is 12.1. The van der Waals surface area contributed by atoms with Crippen LogP contribution < -0.4 is 16.2 Å². The van der Waals surface area contributed by atoms with E-state index in [4.69, 9.17) is 16.2 Å². The average Bonchev–Trinajstić information content (AvgIpc) is 2.36. The molecule has 110 valence electrons. The number of hydrogen-bond acceptors (Lipinski definition) is 4. The normalized spacial score (nSPS) is 10.4. The number of primary amides is 1. The molecule has 6 heteroatoms. The average molecular weight is 279 g/mol. The molecular weight excluding hydrogens is 258 g/mol. The van der Waals surface area contributed by atoms with Gasteiger partial charge in [-0.15, -0.1) is 0 Å². The minimum atomic E-state index is -0.540. The number of ether oxygens (including phenoxy) is 1. The van der Waals surface area contributed by atoms with Crippen molar-refractivity contribution in [1.29, 1.82) is 0 Å². The van der Waals surface area contributed by atoms with Gasteiger partial charge in [0.05, 0.1) is 19.3 Å². The number of hydrogen-bond donors (Lipinski definition) is 2. The summed E-state index contributed by atoms with van der Waals surface area (Å²) in [6, 6.07) is 4.77. The van der Waals surface area contributed by atoms with Crippen LogP contribution in [0.2, 0.25) is 0 Å². The summed E-state index contributed by atoms with van der Waals surface area (Å²) in [5.41, 5.74) is 11.8. The number of carbonyl (C=O) groups is 2. The monoisotopic (exact) mass is 279 g/mol. The van der Waals surface area contributed by atoms with Gasteiger partial charge in [0, 0.05) is 12.1 Å². The number of methoxy groups -OCH3 is 1. The van der Waals surface area contributed by atoms with Gasteiger partial charge < -0.3 is 21.1 Å². The first-order valence-corrected chi connectivity index (χ1v) is 6.36. The molecule has 0 fully saturated rings. The highest BCUT2D eigenvalue weighted by atomic mass is 16.5. The Hall–Kier alpha value is -2.24.